The molecule has 0 radical (unpaired) electrons. The number of hydrogen-bond donors (Lipinski definition) is 1. The molecule has 0 atom stereocenters. The van der Waals surface area contributed by atoms with Gasteiger partial charge in [-0.05, 0) is 37.8 Å². The molecular formula is C13H13NO2. The molecule has 0 spiro atoms. The number of carbonyl (C=O) groups excluding carboxylic acids is 1. The third-order valence-electron chi connectivity index (χ3n) is 3.09. The van der Waals surface area contributed by atoms with Crippen molar-refractivity contribution in [2.24, 2.45) is 0 Å². The van der Waals surface area contributed by atoms with E-state index in [-0.39, 0.29) is 5.97 Å². The Balaban J connectivity index is 2.06. The summed E-state index contributed by atoms with van der Waals surface area (Å²) in [5.41, 5.74) is 2.76. The molecule has 1 heterocycles. The lowest BCUT2D eigenvalue weighted by atomic mass is 9.96. The number of hydrogen-bond acceptors (Lipinski definition) is 3. The Kier molecular flexibility index (Phi) is 2.17. The summed E-state index contributed by atoms with van der Waals surface area (Å²) in [6.07, 6.45) is 3.99. The lowest BCUT2D eigenvalue weighted by Gasteiger charge is -2.16. The second-order valence-corrected chi connectivity index (χ2v) is 4.17. The van der Waals surface area contributed by atoms with E-state index in [1.54, 1.807) is 0 Å². The molecule has 0 fully saturated rings. The monoisotopic (exact) mass is 215 g/mol. The van der Waals surface area contributed by atoms with E-state index < -0.39 is 0 Å². The van der Waals surface area contributed by atoms with Gasteiger partial charge in [-0.2, -0.15) is 0 Å². The number of benzene rings is 1. The van der Waals surface area contributed by atoms with E-state index in [1.165, 1.54) is 0 Å². The molecule has 16 heavy (non-hydrogen) atoms. The maximum atomic E-state index is 11.9. The molecule has 3 heteroatoms. The normalized spacial score (nSPS) is 19.1. The van der Waals surface area contributed by atoms with Crippen LogP contribution >= 0.6 is 0 Å². The van der Waals surface area contributed by atoms with Crippen LogP contribution in [0.3, 0.4) is 0 Å². The predicted octanol–water partition coefficient (Wildman–Crippen LogP) is 2.85. The SMILES string of the molecule is O=C1Oc2ccccc2NC2=C1CCCC2. The Morgan fingerprint density at radius 2 is 1.94 bits per heavy atom. The van der Waals surface area contributed by atoms with Gasteiger partial charge in [0.05, 0.1) is 11.3 Å². The van der Waals surface area contributed by atoms with Gasteiger partial charge in [-0.3, -0.25) is 0 Å². The van der Waals surface area contributed by atoms with Crippen molar-refractivity contribution < 1.29 is 9.53 Å². The van der Waals surface area contributed by atoms with E-state index in [9.17, 15) is 4.79 Å². The second kappa shape index (κ2) is 3.67. The number of rotatable bonds is 0. The zero-order valence-corrected chi connectivity index (χ0v) is 8.95. The Morgan fingerprint density at radius 1 is 1.12 bits per heavy atom. The van der Waals surface area contributed by atoms with Crippen molar-refractivity contribution in [2.45, 2.75) is 25.7 Å². The number of esters is 1. The van der Waals surface area contributed by atoms with E-state index in [0.717, 1.165) is 42.6 Å². The maximum Gasteiger partial charge on any atom is 0.341 e. The summed E-state index contributed by atoms with van der Waals surface area (Å²) in [7, 11) is 0. The Bertz CT molecular complexity index is 477. The summed E-state index contributed by atoms with van der Waals surface area (Å²) in [6, 6.07) is 7.57. The quantitative estimate of drug-likeness (QED) is 0.534. The molecule has 1 aliphatic heterocycles. The van der Waals surface area contributed by atoms with Crippen LogP contribution in [-0.2, 0) is 4.79 Å². The van der Waals surface area contributed by atoms with Gasteiger partial charge in [0.1, 0.15) is 0 Å². The van der Waals surface area contributed by atoms with Crippen LogP contribution in [0.15, 0.2) is 35.5 Å². The Hall–Kier alpha value is -1.77. The van der Waals surface area contributed by atoms with Crippen LogP contribution in [-0.4, -0.2) is 5.97 Å². The summed E-state index contributed by atoms with van der Waals surface area (Å²) >= 11 is 0. The van der Waals surface area contributed by atoms with Gasteiger partial charge in [0.25, 0.3) is 0 Å². The third kappa shape index (κ3) is 1.48. The highest BCUT2D eigenvalue weighted by molar-refractivity contribution is 5.94. The number of fused-ring (bicyclic) bond motifs is 1. The van der Waals surface area contributed by atoms with Crippen LogP contribution in [0.25, 0.3) is 0 Å². The molecule has 0 saturated heterocycles. The molecule has 1 N–H and O–H groups in total. The van der Waals surface area contributed by atoms with Gasteiger partial charge in [0, 0.05) is 5.70 Å². The maximum absolute atomic E-state index is 11.9. The average Bonchev–Trinajstić information content (AvgIpc) is 2.45. The molecule has 2 aliphatic rings. The minimum atomic E-state index is -0.188. The molecule has 0 bridgehead atoms. The van der Waals surface area contributed by atoms with Crippen molar-refractivity contribution in [3.8, 4) is 5.75 Å². The van der Waals surface area contributed by atoms with E-state index in [2.05, 4.69) is 5.32 Å². The fraction of sp³-hybridized carbons (Fsp3) is 0.308. The lowest BCUT2D eigenvalue weighted by molar-refractivity contribution is -0.130. The molecule has 1 aliphatic carbocycles. The molecule has 0 amide bonds. The van der Waals surface area contributed by atoms with E-state index in [4.69, 9.17) is 4.74 Å². The molecule has 3 rings (SSSR count). The van der Waals surface area contributed by atoms with Crippen LogP contribution in [0.5, 0.6) is 5.75 Å². The lowest BCUT2D eigenvalue weighted by Crippen LogP contribution is -2.15. The van der Waals surface area contributed by atoms with Gasteiger partial charge in [-0.15, -0.1) is 0 Å². The number of allylic oxidation sites excluding steroid dienone is 1. The molecule has 0 aromatic heterocycles. The first kappa shape index (κ1) is 9.46. The second-order valence-electron chi connectivity index (χ2n) is 4.17. The predicted molar refractivity (Wildman–Crippen MR) is 61.2 cm³/mol. The van der Waals surface area contributed by atoms with Gasteiger partial charge >= 0.3 is 5.97 Å². The van der Waals surface area contributed by atoms with Crippen LogP contribution in [0.1, 0.15) is 25.7 Å². The molecule has 1 aromatic rings. The van der Waals surface area contributed by atoms with Gasteiger partial charge in [0.2, 0.25) is 0 Å². The van der Waals surface area contributed by atoms with Crippen LogP contribution < -0.4 is 10.1 Å². The van der Waals surface area contributed by atoms with Crippen molar-refractivity contribution in [1.29, 1.82) is 0 Å². The Labute approximate surface area is 94.1 Å². The largest absolute Gasteiger partial charge is 0.421 e. The number of ether oxygens (including phenoxy) is 1. The van der Waals surface area contributed by atoms with Crippen molar-refractivity contribution >= 4 is 11.7 Å². The summed E-state index contributed by atoms with van der Waals surface area (Å²) in [5.74, 6) is 0.439. The van der Waals surface area contributed by atoms with E-state index in [1.807, 2.05) is 24.3 Å². The van der Waals surface area contributed by atoms with E-state index in [0.29, 0.717) is 5.75 Å². The highest BCUT2D eigenvalue weighted by Gasteiger charge is 2.25. The van der Waals surface area contributed by atoms with Gasteiger partial charge in [-0.25, -0.2) is 4.79 Å². The molecular weight excluding hydrogens is 202 g/mol. The Morgan fingerprint density at radius 3 is 2.88 bits per heavy atom. The topological polar surface area (TPSA) is 38.3 Å². The third-order valence-corrected chi connectivity index (χ3v) is 3.09. The molecule has 0 unspecified atom stereocenters. The number of nitrogens with one attached hydrogen (secondary N) is 1. The average molecular weight is 215 g/mol. The van der Waals surface area contributed by atoms with Crippen LogP contribution in [0.4, 0.5) is 5.69 Å². The molecule has 1 aromatic carbocycles. The molecule has 82 valence electrons. The van der Waals surface area contributed by atoms with Crippen molar-refractivity contribution in [3.63, 3.8) is 0 Å². The van der Waals surface area contributed by atoms with Crippen LogP contribution in [0.2, 0.25) is 0 Å². The van der Waals surface area contributed by atoms with Gasteiger partial charge in [-0.1, -0.05) is 12.1 Å². The summed E-state index contributed by atoms with van der Waals surface area (Å²) in [5, 5.41) is 3.33. The standard InChI is InChI=1S/C13H13NO2/c15-13-9-5-1-2-6-10(9)14-11-7-3-4-8-12(11)16-13/h3-4,7-8,14H,1-2,5-6H2. The highest BCUT2D eigenvalue weighted by Crippen LogP contribution is 2.34. The highest BCUT2D eigenvalue weighted by atomic mass is 16.5. The number of para-hydroxylation sites is 2. The zero-order valence-electron chi connectivity index (χ0n) is 8.95. The summed E-state index contributed by atoms with van der Waals surface area (Å²) in [4.78, 5) is 11.9. The molecule has 0 saturated carbocycles. The van der Waals surface area contributed by atoms with Crippen molar-refractivity contribution in [3.05, 3.63) is 35.5 Å². The minimum absolute atomic E-state index is 0.188. The first-order valence-electron chi connectivity index (χ1n) is 5.65. The van der Waals surface area contributed by atoms with Crippen molar-refractivity contribution in [1.82, 2.24) is 0 Å². The number of anilines is 1. The fourth-order valence-corrected chi connectivity index (χ4v) is 2.25. The van der Waals surface area contributed by atoms with Gasteiger partial charge < -0.3 is 10.1 Å². The summed E-state index contributed by atoms with van der Waals surface area (Å²) < 4.78 is 5.37. The smallest absolute Gasteiger partial charge is 0.341 e. The molecule has 3 nitrogen and oxygen atoms in total. The van der Waals surface area contributed by atoms with E-state index >= 15 is 0 Å². The number of carbonyl (C=O) groups is 1. The van der Waals surface area contributed by atoms with Crippen LogP contribution in [0, 0.1) is 0 Å². The first-order valence-corrected chi connectivity index (χ1v) is 5.65. The minimum Gasteiger partial charge on any atom is -0.421 e. The zero-order chi connectivity index (χ0) is 11.0. The first-order chi connectivity index (χ1) is 7.84. The summed E-state index contributed by atoms with van der Waals surface area (Å²) in [6.45, 7) is 0. The van der Waals surface area contributed by atoms with Crippen molar-refractivity contribution in [2.75, 3.05) is 5.32 Å². The van der Waals surface area contributed by atoms with Gasteiger partial charge in [0.15, 0.2) is 5.75 Å². The fourth-order valence-electron chi connectivity index (χ4n) is 2.25.